The minimum absolute atomic E-state index is 0.197. The summed E-state index contributed by atoms with van der Waals surface area (Å²) in [5, 5.41) is 11.1. The molecule has 1 fully saturated rings. The molecule has 0 aromatic carbocycles. The molecule has 2 aromatic rings. The Bertz CT molecular complexity index is 625. The van der Waals surface area contributed by atoms with Crippen LogP contribution in [0.4, 0.5) is 0 Å². The van der Waals surface area contributed by atoms with Crippen LogP contribution in [-0.2, 0) is 7.05 Å². The fourth-order valence-corrected chi connectivity index (χ4v) is 2.94. The highest BCUT2D eigenvalue weighted by Gasteiger charge is 2.24. The van der Waals surface area contributed by atoms with E-state index in [4.69, 9.17) is 0 Å². The number of hydrogen-bond acceptors (Lipinski definition) is 4. The number of amides is 1. The van der Waals surface area contributed by atoms with Crippen molar-refractivity contribution in [1.82, 2.24) is 29.6 Å². The van der Waals surface area contributed by atoms with Crippen LogP contribution in [-0.4, -0.2) is 30.2 Å². The molecular weight excluding hydrogens is 268 g/mol. The quantitative estimate of drug-likeness (QED) is 0.927. The Balaban J connectivity index is 1.74. The Kier molecular flexibility index (Phi) is 3.72. The van der Waals surface area contributed by atoms with Crippen LogP contribution in [0.2, 0.25) is 0 Å². The normalized spacial score (nSPS) is 17.0. The number of imidazole rings is 1. The number of hydrogen-bond donors (Lipinski definition) is 1. The highest BCUT2D eigenvalue weighted by Crippen LogP contribution is 2.31. The minimum Gasteiger partial charge on any atom is -0.340 e. The molecule has 1 unspecified atom stereocenters. The Morgan fingerprint density at radius 3 is 2.86 bits per heavy atom. The van der Waals surface area contributed by atoms with Gasteiger partial charge in [-0.05, 0) is 19.8 Å². The van der Waals surface area contributed by atoms with E-state index in [0.717, 1.165) is 18.7 Å². The van der Waals surface area contributed by atoms with Gasteiger partial charge in [0.2, 0.25) is 0 Å². The van der Waals surface area contributed by atoms with E-state index in [1.165, 1.54) is 12.8 Å². The number of carbonyl (C=O) groups is 1. The van der Waals surface area contributed by atoms with E-state index in [1.807, 2.05) is 6.92 Å². The first-order valence-corrected chi connectivity index (χ1v) is 7.34. The van der Waals surface area contributed by atoms with Crippen molar-refractivity contribution in [3.05, 3.63) is 30.4 Å². The zero-order chi connectivity index (χ0) is 14.8. The molecule has 2 aromatic heterocycles. The van der Waals surface area contributed by atoms with Crippen LogP contribution in [0.15, 0.2) is 18.7 Å². The molecule has 1 amide bonds. The molecule has 1 saturated carbocycles. The van der Waals surface area contributed by atoms with Crippen molar-refractivity contribution in [3.63, 3.8) is 0 Å². The summed E-state index contributed by atoms with van der Waals surface area (Å²) in [6, 6.07) is 0.264. The summed E-state index contributed by atoms with van der Waals surface area (Å²) in [5.41, 5.74) is 0. The molecule has 0 radical (unpaired) electrons. The molecule has 0 saturated heterocycles. The number of carbonyl (C=O) groups excluding carboxylic acids is 1. The summed E-state index contributed by atoms with van der Waals surface area (Å²) in [6.45, 7) is 1.93. The average Bonchev–Trinajstić information content (AvgIpc) is 3.19. The first kappa shape index (κ1) is 13.8. The van der Waals surface area contributed by atoms with Gasteiger partial charge in [-0.25, -0.2) is 4.98 Å². The lowest BCUT2D eigenvalue weighted by atomic mass is 10.2. The Hall–Kier alpha value is -2.18. The van der Waals surface area contributed by atoms with Crippen molar-refractivity contribution in [2.45, 2.75) is 44.7 Å². The fourth-order valence-electron chi connectivity index (χ4n) is 2.94. The first-order chi connectivity index (χ1) is 10.2. The third-order valence-corrected chi connectivity index (χ3v) is 4.08. The van der Waals surface area contributed by atoms with E-state index in [9.17, 15) is 4.79 Å². The molecule has 0 spiro atoms. The minimum atomic E-state index is -0.198. The van der Waals surface area contributed by atoms with Crippen molar-refractivity contribution < 1.29 is 4.79 Å². The topological polar surface area (TPSA) is 77.6 Å². The number of aryl methyl sites for hydroxylation is 1. The van der Waals surface area contributed by atoms with Crippen molar-refractivity contribution >= 4 is 5.91 Å². The number of rotatable bonds is 4. The molecule has 1 aliphatic rings. The molecule has 3 rings (SSSR count). The molecule has 1 N–H and O–H groups in total. The second-order valence-electron chi connectivity index (χ2n) is 5.59. The third kappa shape index (κ3) is 2.68. The van der Waals surface area contributed by atoms with Crippen LogP contribution in [0.5, 0.6) is 0 Å². The van der Waals surface area contributed by atoms with E-state index in [-0.39, 0.29) is 11.9 Å². The van der Waals surface area contributed by atoms with Gasteiger partial charge in [-0.15, -0.1) is 10.2 Å². The van der Waals surface area contributed by atoms with Gasteiger partial charge in [0.1, 0.15) is 6.33 Å². The second-order valence-corrected chi connectivity index (χ2v) is 5.59. The zero-order valence-electron chi connectivity index (χ0n) is 12.4. The SMILES string of the molecule is CC(NC(=O)c1nccn1C)c1nncn1C1CCCC1. The van der Waals surface area contributed by atoms with Crippen molar-refractivity contribution in [1.29, 1.82) is 0 Å². The third-order valence-electron chi connectivity index (χ3n) is 4.08. The molecule has 2 heterocycles. The largest absolute Gasteiger partial charge is 0.340 e. The predicted octanol–water partition coefficient (Wildman–Crippen LogP) is 1.62. The molecule has 1 aliphatic carbocycles. The van der Waals surface area contributed by atoms with Gasteiger partial charge in [-0.2, -0.15) is 0 Å². The maximum absolute atomic E-state index is 12.2. The van der Waals surface area contributed by atoms with E-state index < -0.39 is 0 Å². The monoisotopic (exact) mass is 288 g/mol. The van der Waals surface area contributed by atoms with E-state index in [0.29, 0.717) is 11.9 Å². The maximum Gasteiger partial charge on any atom is 0.287 e. The smallest absolute Gasteiger partial charge is 0.287 e. The van der Waals surface area contributed by atoms with Gasteiger partial charge in [0.05, 0.1) is 6.04 Å². The van der Waals surface area contributed by atoms with Crippen LogP contribution in [0.25, 0.3) is 0 Å². The zero-order valence-corrected chi connectivity index (χ0v) is 12.4. The van der Waals surface area contributed by atoms with Crippen molar-refractivity contribution in [2.24, 2.45) is 7.05 Å². The van der Waals surface area contributed by atoms with Crippen LogP contribution in [0.3, 0.4) is 0 Å². The van der Waals surface area contributed by atoms with E-state index in [2.05, 4.69) is 25.1 Å². The van der Waals surface area contributed by atoms with Crippen LogP contribution < -0.4 is 5.32 Å². The molecule has 0 aliphatic heterocycles. The second kappa shape index (κ2) is 5.67. The Labute approximate surface area is 123 Å². The lowest BCUT2D eigenvalue weighted by molar-refractivity contribution is 0.0923. The highest BCUT2D eigenvalue weighted by molar-refractivity contribution is 5.90. The van der Waals surface area contributed by atoms with Gasteiger partial charge in [0, 0.05) is 25.5 Å². The predicted molar refractivity (Wildman–Crippen MR) is 76.6 cm³/mol. The number of aromatic nitrogens is 5. The molecule has 112 valence electrons. The lowest BCUT2D eigenvalue weighted by Crippen LogP contribution is -2.31. The maximum atomic E-state index is 12.2. The van der Waals surface area contributed by atoms with Gasteiger partial charge >= 0.3 is 0 Å². The Morgan fingerprint density at radius 2 is 2.19 bits per heavy atom. The van der Waals surface area contributed by atoms with Gasteiger partial charge in [-0.1, -0.05) is 12.8 Å². The summed E-state index contributed by atoms with van der Waals surface area (Å²) in [7, 11) is 1.80. The molecule has 0 bridgehead atoms. The summed E-state index contributed by atoms with van der Waals surface area (Å²) < 4.78 is 3.81. The van der Waals surface area contributed by atoms with Gasteiger partial charge < -0.3 is 14.5 Å². The Morgan fingerprint density at radius 1 is 1.43 bits per heavy atom. The summed E-state index contributed by atoms with van der Waals surface area (Å²) in [6.07, 6.45) is 9.94. The van der Waals surface area contributed by atoms with Gasteiger partial charge in [0.25, 0.3) is 5.91 Å². The summed E-state index contributed by atoms with van der Waals surface area (Å²) in [5.74, 6) is 1.01. The van der Waals surface area contributed by atoms with Crippen molar-refractivity contribution in [2.75, 3.05) is 0 Å². The summed E-state index contributed by atoms with van der Waals surface area (Å²) in [4.78, 5) is 16.3. The molecule has 21 heavy (non-hydrogen) atoms. The van der Waals surface area contributed by atoms with Crippen LogP contribution >= 0.6 is 0 Å². The van der Waals surface area contributed by atoms with Crippen molar-refractivity contribution in [3.8, 4) is 0 Å². The molecule has 7 nitrogen and oxygen atoms in total. The number of nitrogens with zero attached hydrogens (tertiary/aromatic N) is 5. The molecule has 7 heteroatoms. The number of nitrogens with one attached hydrogen (secondary N) is 1. The standard InChI is InChI=1S/C14H20N6O/c1-10(17-14(21)13-15-7-8-19(13)2)12-18-16-9-20(12)11-5-3-4-6-11/h7-11H,3-6H2,1-2H3,(H,17,21). The fraction of sp³-hybridized carbons (Fsp3) is 0.571. The first-order valence-electron chi connectivity index (χ1n) is 7.34. The summed E-state index contributed by atoms with van der Waals surface area (Å²) >= 11 is 0. The lowest BCUT2D eigenvalue weighted by Gasteiger charge is -2.18. The van der Waals surface area contributed by atoms with E-state index in [1.54, 1.807) is 30.3 Å². The molecular formula is C14H20N6O. The highest BCUT2D eigenvalue weighted by atomic mass is 16.2. The van der Waals surface area contributed by atoms with Crippen LogP contribution in [0.1, 0.15) is 61.1 Å². The van der Waals surface area contributed by atoms with Gasteiger partial charge in [0.15, 0.2) is 11.6 Å². The van der Waals surface area contributed by atoms with Gasteiger partial charge in [-0.3, -0.25) is 4.79 Å². The molecule has 1 atom stereocenters. The van der Waals surface area contributed by atoms with Crippen LogP contribution in [0, 0.1) is 0 Å². The average molecular weight is 288 g/mol. The van der Waals surface area contributed by atoms with E-state index >= 15 is 0 Å².